The van der Waals surface area contributed by atoms with Crippen LogP contribution in [0, 0.1) is 0 Å². The van der Waals surface area contributed by atoms with Crippen LogP contribution in [0.3, 0.4) is 0 Å². The third kappa shape index (κ3) is 5.07. The molecule has 5 nitrogen and oxygen atoms in total. The number of hydrogen-bond acceptors (Lipinski definition) is 4. The van der Waals surface area contributed by atoms with E-state index in [4.69, 9.17) is 21.5 Å². The van der Waals surface area contributed by atoms with Crippen LogP contribution in [-0.4, -0.2) is 62.3 Å². The minimum Gasteiger partial charge on any atom is -0.481 e. The van der Waals surface area contributed by atoms with E-state index in [0.29, 0.717) is 5.75 Å². The molecule has 2 aromatic rings. The summed E-state index contributed by atoms with van der Waals surface area (Å²) in [6, 6.07) is 17.1. The second-order valence-corrected chi connectivity index (χ2v) is 11.3. The van der Waals surface area contributed by atoms with Crippen molar-refractivity contribution in [1.29, 1.82) is 0 Å². The van der Waals surface area contributed by atoms with Gasteiger partial charge in [-0.05, 0) is 47.5 Å². The number of carbonyl (C=O) groups is 2. The maximum atomic E-state index is 13.0. The van der Waals surface area contributed by atoms with Gasteiger partial charge >= 0.3 is 5.97 Å². The fourth-order valence-electron chi connectivity index (χ4n) is 3.16. The number of aliphatic carboxylic acids is 1. The Morgan fingerprint density at radius 2 is 1.71 bits per heavy atom. The molecule has 0 saturated carbocycles. The molecule has 0 spiro atoms. The summed E-state index contributed by atoms with van der Waals surface area (Å²) in [6.07, 6.45) is -0.205. The summed E-state index contributed by atoms with van der Waals surface area (Å²) in [5, 5.41) is 9.06. The third-order valence-corrected chi connectivity index (χ3v) is 8.75. The molecule has 0 bridgehead atoms. The average molecular weight is 467 g/mol. The molecule has 1 heterocycles. The second-order valence-electron chi connectivity index (χ2n) is 8.02. The molecule has 1 fully saturated rings. The fourth-order valence-corrected chi connectivity index (χ4v) is 6.77. The number of rotatable bonds is 6. The largest absolute Gasteiger partial charge is 0.481 e. The molecular weight excluding hydrogens is 441 g/mol. The molecule has 3 rings (SSSR count). The number of carboxylic acid groups (broad SMARTS) is 1. The van der Waals surface area contributed by atoms with Gasteiger partial charge in [0.15, 0.2) is 4.32 Å². The van der Waals surface area contributed by atoms with Gasteiger partial charge in [-0.2, -0.15) is 0 Å². The normalized spacial score (nSPS) is 20.7. The first-order chi connectivity index (χ1) is 14.1. The SMILES string of the molecule is C=C1C(=O)N(CCC(=O)O)C(=S)S1(Oc1ccc(C(C)(C)C)cc1)c1ccccc1.[Na]. The zero-order valence-corrected chi connectivity index (χ0v) is 21.9. The zero-order chi connectivity index (χ0) is 22.1. The van der Waals surface area contributed by atoms with Crippen molar-refractivity contribution in [3.63, 3.8) is 0 Å². The predicted octanol–water partition coefficient (Wildman–Crippen LogP) is 4.88. The molecule has 1 aliphatic heterocycles. The zero-order valence-electron chi connectivity index (χ0n) is 18.3. The Bertz CT molecular complexity index is 1000. The first kappa shape index (κ1) is 25.6. The van der Waals surface area contributed by atoms with Crippen molar-refractivity contribution in [2.75, 3.05) is 6.54 Å². The van der Waals surface area contributed by atoms with Gasteiger partial charge in [-0.3, -0.25) is 14.5 Å². The van der Waals surface area contributed by atoms with Crippen molar-refractivity contribution in [3.8, 4) is 5.75 Å². The van der Waals surface area contributed by atoms with Crippen molar-refractivity contribution < 1.29 is 18.9 Å². The molecule has 1 radical (unpaired) electrons. The van der Waals surface area contributed by atoms with E-state index in [-0.39, 0.29) is 63.1 Å². The van der Waals surface area contributed by atoms with E-state index in [0.717, 1.165) is 10.5 Å². The number of thiocarbonyl (C=S) groups is 1. The van der Waals surface area contributed by atoms with Crippen LogP contribution in [0.2, 0.25) is 0 Å². The number of amides is 1. The summed E-state index contributed by atoms with van der Waals surface area (Å²) in [5.41, 5.74) is 1.16. The smallest absolute Gasteiger partial charge is 0.305 e. The molecule has 8 heteroatoms. The molecule has 1 N–H and O–H groups in total. The monoisotopic (exact) mass is 466 g/mol. The Balaban J connectivity index is 0.00000341. The summed E-state index contributed by atoms with van der Waals surface area (Å²) in [5.74, 6) is -0.799. The Labute approximate surface area is 212 Å². The van der Waals surface area contributed by atoms with Gasteiger partial charge in [-0.15, -0.1) is 0 Å². The van der Waals surface area contributed by atoms with E-state index >= 15 is 0 Å². The molecule has 1 unspecified atom stereocenters. The van der Waals surface area contributed by atoms with Crippen molar-refractivity contribution in [3.05, 3.63) is 71.6 Å². The maximum absolute atomic E-state index is 13.0. The molecule has 2 aromatic carbocycles. The number of nitrogens with zero attached hydrogens (tertiary/aromatic N) is 1. The molecule has 1 amide bonds. The van der Waals surface area contributed by atoms with Crippen LogP contribution >= 0.6 is 22.5 Å². The summed E-state index contributed by atoms with van der Waals surface area (Å²) in [7, 11) is -2.52. The van der Waals surface area contributed by atoms with E-state index in [1.54, 1.807) is 0 Å². The summed E-state index contributed by atoms with van der Waals surface area (Å²) in [4.78, 5) is 26.4. The summed E-state index contributed by atoms with van der Waals surface area (Å²) >= 11 is 5.71. The van der Waals surface area contributed by atoms with Gasteiger partial charge in [0, 0.05) is 51.3 Å². The first-order valence-corrected chi connectivity index (χ1v) is 11.5. The number of hydrogen-bond donors (Lipinski definition) is 1. The number of benzene rings is 2. The van der Waals surface area contributed by atoms with Gasteiger partial charge in [0.05, 0.1) is 11.3 Å². The van der Waals surface area contributed by atoms with Gasteiger partial charge in [0.25, 0.3) is 5.91 Å². The molecule has 31 heavy (non-hydrogen) atoms. The Morgan fingerprint density at radius 1 is 1.13 bits per heavy atom. The second kappa shape index (κ2) is 9.88. The van der Waals surface area contributed by atoms with Crippen LogP contribution < -0.4 is 4.18 Å². The molecule has 1 atom stereocenters. The van der Waals surface area contributed by atoms with Crippen LogP contribution in [0.5, 0.6) is 5.75 Å². The Hall–Kier alpha value is -1.64. The van der Waals surface area contributed by atoms with Gasteiger partial charge < -0.3 is 9.29 Å². The number of carbonyl (C=O) groups excluding carboxylic acids is 1. The van der Waals surface area contributed by atoms with Crippen LogP contribution in [0.1, 0.15) is 32.8 Å². The van der Waals surface area contributed by atoms with E-state index in [9.17, 15) is 9.59 Å². The first-order valence-electron chi connectivity index (χ1n) is 9.52. The van der Waals surface area contributed by atoms with Crippen LogP contribution in [-0.2, 0) is 15.0 Å². The van der Waals surface area contributed by atoms with Crippen LogP contribution in [0.4, 0.5) is 0 Å². The number of carboxylic acids is 1. The standard InChI is InChI=1S/C23H25NO4S2.Na/c1-16-21(27)24(15-14-20(25)26)22(29)30(16,19-8-6-5-7-9-19)28-18-12-10-17(11-13-18)23(2,3)4;/h5-13H,1,14-15H2,2-4H3,(H,25,26);. The van der Waals surface area contributed by atoms with Crippen molar-refractivity contribution in [2.24, 2.45) is 0 Å². The van der Waals surface area contributed by atoms with Gasteiger partial charge in [-0.1, -0.05) is 57.7 Å². The minimum atomic E-state index is -2.52. The average Bonchev–Trinajstić information content (AvgIpc) is 2.88. The Morgan fingerprint density at radius 3 is 2.23 bits per heavy atom. The van der Waals surface area contributed by atoms with E-state index in [1.807, 2.05) is 54.6 Å². The van der Waals surface area contributed by atoms with E-state index in [1.165, 1.54) is 4.90 Å². The third-order valence-electron chi connectivity index (χ3n) is 4.86. The van der Waals surface area contributed by atoms with E-state index in [2.05, 4.69) is 27.4 Å². The molecular formula is C23H25NNaO4S2. The van der Waals surface area contributed by atoms with Crippen molar-refractivity contribution >= 4 is 68.3 Å². The summed E-state index contributed by atoms with van der Waals surface area (Å²) in [6.45, 7) is 10.4. The molecule has 1 saturated heterocycles. The van der Waals surface area contributed by atoms with Crippen molar-refractivity contribution in [2.45, 2.75) is 37.5 Å². The summed E-state index contributed by atoms with van der Waals surface area (Å²) < 4.78 is 6.76. The van der Waals surface area contributed by atoms with E-state index < -0.39 is 16.3 Å². The van der Waals surface area contributed by atoms with Gasteiger partial charge in [0.1, 0.15) is 5.75 Å². The van der Waals surface area contributed by atoms with Crippen molar-refractivity contribution in [1.82, 2.24) is 4.90 Å². The maximum Gasteiger partial charge on any atom is 0.305 e. The topological polar surface area (TPSA) is 66.8 Å². The Kier molecular flexibility index (Phi) is 8.16. The molecule has 0 aliphatic carbocycles. The minimum absolute atomic E-state index is 0. The van der Waals surface area contributed by atoms with Crippen LogP contribution in [0.15, 0.2) is 71.0 Å². The predicted molar refractivity (Wildman–Crippen MR) is 130 cm³/mol. The van der Waals surface area contributed by atoms with Crippen LogP contribution in [0.25, 0.3) is 0 Å². The fraction of sp³-hybridized carbons (Fsp3) is 0.261. The van der Waals surface area contributed by atoms with Gasteiger partial charge in [0.2, 0.25) is 0 Å². The molecule has 159 valence electrons. The quantitative estimate of drug-likeness (QED) is 0.374. The molecule has 1 aliphatic rings. The molecule has 0 aromatic heterocycles. The van der Waals surface area contributed by atoms with Gasteiger partial charge in [-0.25, -0.2) is 0 Å².